The van der Waals surface area contributed by atoms with E-state index in [2.05, 4.69) is 29.8 Å². The van der Waals surface area contributed by atoms with Crippen LogP contribution in [0.5, 0.6) is 5.75 Å². The average molecular weight is 277 g/mol. The van der Waals surface area contributed by atoms with Crippen molar-refractivity contribution < 1.29 is 4.74 Å². The fourth-order valence-electron chi connectivity index (χ4n) is 2.95. The highest BCUT2D eigenvalue weighted by molar-refractivity contribution is 5.50. The van der Waals surface area contributed by atoms with Crippen molar-refractivity contribution in [3.05, 3.63) is 23.8 Å². The van der Waals surface area contributed by atoms with Crippen LogP contribution in [0.3, 0.4) is 0 Å². The summed E-state index contributed by atoms with van der Waals surface area (Å²) in [6, 6.07) is 6.54. The molecule has 0 aliphatic carbocycles. The third kappa shape index (κ3) is 3.64. The molecule has 1 aliphatic heterocycles. The van der Waals surface area contributed by atoms with E-state index in [1.165, 1.54) is 24.9 Å². The summed E-state index contributed by atoms with van der Waals surface area (Å²) in [7, 11) is 3.91. The molecule has 0 amide bonds. The molecule has 2 N–H and O–H groups in total. The van der Waals surface area contributed by atoms with Gasteiger partial charge in [-0.1, -0.05) is 6.92 Å². The van der Waals surface area contributed by atoms with Crippen LogP contribution in [0.1, 0.15) is 25.3 Å². The Morgan fingerprint density at radius 2 is 2.15 bits per heavy atom. The third-order valence-corrected chi connectivity index (χ3v) is 4.22. The van der Waals surface area contributed by atoms with Gasteiger partial charge >= 0.3 is 0 Å². The second-order valence-electron chi connectivity index (χ2n) is 5.71. The number of nitrogens with two attached hydrogens (primary N) is 1. The predicted molar refractivity (Wildman–Crippen MR) is 84.0 cm³/mol. The number of rotatable bonds is 4. The summed E-state index contributed by atoms with van der Waals surface area (Å²) in [6.07, 6.45) is 2.39. The Bertz CT molecular complexity index is 436. The van der Waals surface area contributed by atoms with Crippen molar-refractivity contribution in [1.29, 1.82) is 0 Å². The van der Waals surface area contributed by atoms with Crippen molar-refractivity contribution in [3.8, 4) is 5.75 Å². The standard InChI is InChI=1S/C16H27N3O/c1-4-14-12-18(2)8-5-9-19(14)11-13-10-15(20-3)6-7-16(13)17/h6-7,10,14H,4-5,8-9,11-12,17H2,1-3H3. The fraction of sp³-hybridized carbons (Fsp3) is 0.625. The van der Waals surface area contributed by atoms with Gasteiger partial charge in [0.15, 0.2) is 0 Å². The Morgan fingerprint density at radius 1 is 1.35 bits per heavy atom. The summed E-state index contributed by atoms with van der Waals surface area (Å²) in [4.78, 5) is 5.00. The number of nitrogens with zero attached hydrogens (tertiary/aromatic N) is 2. The molecule has 1 unspecified atom stereocenters. The van der Waals surface area contributed by atoms with E-state index < -0.39 is 0 Å². The molecule has 1 aromatic rings. The molecule has 0 aromatic heterocycles. The van der Waals surface area contributed by atoms with Crippen LogP contribution in [0.25, 0.3) is 0 Å². The van der Waals surface area contributed by atoms with Crippen molar-refractivity contribution >= 4 is 5.69 Å². The van der Waals surface area contributed by atoms with Crippen LogP contribution >= 0.6 is 0 Å². The highest BCUT2D eigenvalue weighted by Gasteiger charge is 2.22. The van der Waals surface area contributed by atoms with Gasteiger partial charge in [-0.15, -0.1) is 0 Å². The summed E-state index contributed by atoms with van der Waals surface area (Å²) >= 11 is 0. The summed E-state index contributed by atoms with van der Waals surface area (Å²) < 4.78 is 5.31. The van der Waals surface area contributed by atoms with Crippen molar-refractivity contribution in [2.24, 2.45) is 0 Å². The zero-order valence-electron chi connectivity index (χ0n) is 12.9. The Balaban J connectivity index is 2.14. The van der Waals surface area contributed by atoms with Crippen molar-refractivity contribution in [2.45, 2.75) is 32.4 Å². The summed E-state index contributed by atoms with van der Waals surface area (Å²) in [5.74, 6) is 0.884. The molecular formula is C16H27N3O. The van der Waals surface area contributed by atoms with Crippen LogP contribution in [-0.2, 0) is 6.54 Å². The molecular weight excluding hydrogens is 250 g/mol. The van der Waals surface area contributed by atoms with Gasteiger partial charge in [0.05, 0.1) is 7.11 Å². The largest absolute Gasteiger partial charge is 0.497 e. The lowest BCUT2D eigenvalue weighted by atomic mass is 10.1. The van der Waals surface area contributed by atoms with Gasteiger partial charge in [-0.05, 0) is 50.2 Å². The first-order chi connectivity index (χ1) is 9.63. The first-order valence-corrected chi connectivity index (χ1v) is 7.49. The Morgan fingerprint density at radius 3 is 2.85 bits per heavy atom. The molecule has 4 nitrogen and oxygen atoms in total. The first kappa shape index (κ1) is 15.1. The maximum absolute atomic E-state index is 6.12. The van der Waals surface area contributed by atoms with Gasteiger partial charge in [0.1, 0.15) is 5.75 Å². The van der Waals surface area contributed by atoms with Crippen molar-refractivity contribution in [1.82, 2.24) is 9.80 Å². The number of likely N-dealkylation sites (N-methyl/N-ethyl adjacent to an activating group) is 1. The zero-order valence-corrected chi connectivity index (χ0v) is 12.9. The molecule has 0 bridgehead atoms. The minimum atomic E-state index is 0.605. The summed E-state index contributed by atoms with van der Waals surface area (Å²) in [6.45, 7) is 6.64. The molecule has 0 radical (unpaired) electrons. The summed E-state index contributed by atoms with van der Waals surface area (Å²) in [5, 5.41) is 0. The van der Waals surface area contributed by atoms with E-state index in [0.29, 0.717) is 6.04 Å². The molecule has 4 heteroatoms. The van der Waals surface area contributed by atoms with Gasteiger partial charge in [-0.3, -0.25) is 4.90 Å². The van der Waals surface area contributed by atoms with Crippen molar-refractivity contribution in [3.63, 3.8) is 0 Å². The molecule has 112 valence electrons. The van der Waals surface area contributed by atoms with Gasteiger partial charge in [0, 0.05) is 31.4 Å². The molecule has 20 heavy (non-hydrogen) atoms. The van der Waals surface area contributed by atoms with Crippen LogP contribution in [0.4, 0.5) is 5.69 Å². The molecule has 1 heterocycles. The number of benzene rings is 1. The maximum atomic E-state index is 6.12. The topological polar surface area (TPSA) is 41.7 Å². The van der Waals surface area contributed by atoms with Gasteiger partial charge < -0.3 is 15.4 Å². The molecule has 2 rings (SSSR count). The number of nitrogen functional groups attached to an aromatic ring is 1. The van der Waals surface area contributed by atoms with Gasteiger partial charge in [0.2, 0.25) is 0 Å². The second kappa shape index (κ2) is 6.95. The number of ether oxygens (including phenoxy) is 1. The van der Waals surface area contributed by atoms with Crippen LogP contribution in [0, 0.1) is 0 Å². The monoisotopic (exact) mass is 277 g/mol. The van der Waals surface area contributed by atoms with E-state index in [1.807, 2.05) is 12.1 Å². The number of hydrogen-bond acceptors (Lipinski definition) is 4. The van der Waals surface area contributed by atoms with Crippen LogP contribution in [-0.4, -0.2) is 49.6 Å². The van der Waals surface area contributed by atoms with E-state index in [4.69, 9.17) is 10.5 Å². The highest BCUT2D eigenvalue weighted by atomic mass is 16.5. The normalized spacial score (nSPS) is 21.6. The average Bonchev–Trinajstić information content (AvgIpc) is 2.62. The molecule has 1 fully saturated rings. The molecule has 1 aliphatic rings. The first-order valence-electron chi connectivity index (χ1n) is 7.49. The minimum Gasteiger partial charge on any atom is -0.497 e. The lowest BCUT2D eigenvalue weighted by Gasteiger charge is -2.30. The van der Waals surface area contributed by atoms with Gasteiger partial charge in [-0.25, -0.2) is 0 Å². The summed E-state index contributed by atoms with van der Waals surface area (Å²) in [5.41, 5.74) is 8.15. The molecule has 1 atom stereocenters. The quantitative estimate of drug-likeness (QED) is 0.857. The number of anilines is 1. The Labute approximate surface area is 122 Å². The zero-order chi connectivity index (χ0) is 14.5. The maximum Gasteiger partial charge on any atom is 0.119 e. The van der Waals surface area contributed by atoms with E-state index in [9.17, 15) is 0 Å². The van der Waals surface area contributed by atoms with Gasteiger partial charge in [0.25, 0.3) is 0 Å². The van der Waals surface area contributed by atoms with E-state index >= 15 is 0 Å². The lowest BCUT2D eigenvalue weighted by molar-refractivity contribution is 0.176. The highest BCUT2D eigenvalue weighted by Crippen LogP contribution is 2.23. The smallest absolute Gasteiger partial charge is 0.119 e. The van der Waals surface area contributed by atoms with E-state index in [0.717, 1.165) is 31.1 Å². The predicted octanol–water partition coefficient (Wildman–Crippen LogP) is 2.19. The molecule has 1 aromatic carbocycles. The van der Waals surface area contributed by atoms with Crippen molar-refractivity contribution in [2.75, 3.05) is 39.5 Å². The van der Waals surface area contributed by atoms with Crippen LogP contribution < -0.4 is 10.5 Å². The Kier molecular flexibility index (Phi) is 5.26. The lowest BCUT2D eigenvalue weighted by Crippen LogP contribution is -2.39. The van der Waals surface area contributed by atoms with E-state index in [1.54, 1.807) is 7.11 Å². The van der Waals surface area contributed by atoms with Crippen LogP contribution in [0.2, 0.25) is 0 Å². The molecule has 1 saturated heterocycles. The molecule has 0 spiro atoms. The SMILES string of the molecule is CCC1CN(C)CCCN1Cc1cc(OC)ccc1N. The van der Waals surface area contributed by atoms with Crippen LogP contribution in [0.15, 0.2) is 18.2 Å². The Hall–Kier alpha value is -1.26. The van der Waals surface area contributed by atoms with E-state index in [-0.39, 0.29) is 0 Å². The third-order valence-electron chi connectivity index (χ3n) is 4.22. The second-order valence-corrected chi connectivity index (χ2v) is 5.71. The van der Waals surface area contributed by atoms with Gasteiger partial charge in [-0.2, -0.15) is 0 Å². The number of hydrogen-bond donors (Lipinski definition) is 1. The molecule has 0 saturated carbocycles. The fourth-order valence-corrected chi connectivity index (χ4v) is 2.95. The number of methoxy groups -OCH3 is 1. The minimum absolute atomic E-state index is 0.605.